The summed E-state index contributed by atoms with van der Waals surface area (Å²) < 4.78 is 33.0. The SMILES string of the molecule is O=C(O)CNc1ccc(O)cc1.O=C(O)c1ccccc1OS(=O)(=O)O. The molecule has 0 atom stereocenters. The van der Waals surface area contributed by atoms with Gasteiger partial charge in [0.2, 0.25) is 0 Å². The van der Waals surface area contributed by atoms with E-state index < -0.39 is 28.1 Å². The minimum Gasteiger partial charge on any atom is -0.508 e. The lowest BCUT2D eigenvalue weighted by atomic mass is 10.2. The molecule has 0 bridgehead atoms. The van der Waals surface area contributed by atoms with E-state index in [9.17, 15) is 18.0 Å². The first-order valence-electron chi connectivity index (χ1n) is 6.82. The fourth-order valence-corrected chi connectivity index (χ4v) is 1.96. The Hall–Kier alpha value is -3.31. The zero-order valence-electron chi connectivity index (χ0n) is 13.1. The van der Waals surface area contributed by atoms with Crippen molar-refractivity contribution >= 4 is 28.0 Å². The van der Waals surface area contributed by atoms with Crippen molar-refractivity contribution < 1.29 is 42.1 Å². The van der Waals surface area contributed by atoms with Crippen molar-refractivity contribution in [2.45, 2.75) is 0 Å². The normalized spacial score (nSPS) is 10.2. The fraction of sp³-hybridized carbons (Fsp3) is 0.0667. The predicted octanol–water partition coefficient (Wildman–Crippen LogP) is 1.46. The van der Waals surface area contributed by atoms with Crippen LogP contribution in [0.3, 0.4) is 0 Å². The second-order valence-corrected chi connectivity index (χ2v) is 5.63. The Balaban J connectivity index is 0.000000263. The summed E-state index contributed by atoms with van der Waals surface area (Å²) in [6, 6.07) is 11.3. The van der Waals surface area contributed by atoms with Gasteiger partial charge >= 0.3 is 22.3 Å². The molecule has 140 valence electrons. The lowest BCUT2D eigenvalue weighted by Gasteiger charge is -2.03. The maximum absolute atomic E-state index is 10.6. The molecule has 0 amide bonds. The van der Waals surface area contributed by atoms with Gasteiger partial charge in [0.15, 0.2) is 5.75 Å². The number of benzene rings is 2. The number of carbonyl (C=O) groups is 2. The first kappa shape index (κ1) is 20.7. The van der Waals surface area contributed by atoms with Gasteiger partial charge in [-0.05, 0) is 36.4 Å². The number of carboxylic acid groups (broad SMARTS) is 2. The lowest BCUT2D eigenvalue weighted by molar-refractivity contribution is -0.134. The topological polar surface area (TPSA) is 170 Å². The Morgan fingerprint density at radius 2 is 1.58 bits per heavy atom. The zero-order chi connectivity index (χ0) is 19.7. The Kier molecular flexibility index (Phi) is 7.37. The molecule has 26 heavy (non-hydrogen) atoms. The third-order valence-electron chi connectivity index (χ3n) is 2.62. The predicted molar refractivity (Wildman–Crippen MR) is 89.8 cm³/mol. The van der Waals surface area contributed by atoms with Gasteiger partial charge in [-0.1, -0.05) is 12.1 Å². The third kappa shape index (κ3) is 7.99. The summed E-state index contributed by atoms with van der Waals surface area (Å²) in [5, 5.41) is 28.5. The highest BCUT2D eigenvalue weighted by atomic mass is 32.3. The number of phenols is 1. The third-order valence-corrected chi connectivity index (χ3v) is 3.01. The average molecular weight is 385 g/mol. The number of anilines is 1. The number of para-hydroxylation sites is 1. The van der Waals surface area contributed by atoms with E-state index >= 15 is 0 Å². The number of aliphatic carboxylic acids is 1. The number of carboxylic acids is 2. The Morgan fingerprint density at radius 3 is 2.08 bits per heavy atom. The summed E-state index contributed by atoms with van der Waals surface area (Å²) in [6.07, 6.45) is 0. The minimum atomic E-state index is -4.70. The Bertz CT molecular complexity index is 863. The molecule has 0 saturated carbocycles. The molecule has 0 unspecified atom stereocenters. The van der Waals surface area contributed by atoms with E-state index in [1.54, 1.807) is 12.1 Å². The van der Waals surface area contributed by atoms with Crippen molar-refractivity contribution in [3.8, 4) is 11.5 Å². The summed E-state index contributed by atoms with van der Waals surface area (Å²) in [6.45, 7) is -0.120. The molecular weight excluding hydrogens is 370 g/mol. The van der Waals surface area contributed by atoms with Crippen LogP contribution < -0.4 is 9.50 Å². The number of rotatable bonds is 6. The van der Waals surface area contributed by atoms with Gasteiger partial charge < -0.3 is 24.8 Å². The van der Waals surface area contributed by atoms with Gasteiger partial charge in [-0.2, -0.15) is 8.42 Å². The number of hydrogen-bond donors (Lipinski definition) is 5. The van der Waals surface area contributed by atoms with E-state index in [4.69, 9.17) is 19.9 Å². The van der Waals surface area contributed by atoms with E-state index in [1.807, 2.05) is 0 Å². The molecule has 0 aliphatic carbocycles. The highest BCUT2D eigenvalue weighted by Gasteiger charge is 2.15. The molecule has 0 heterocycles. The van der Waals surface area contributed by atoms with Crippen LogP contribution in [0.5, 0.6) is 11.5 Å². The van der Waals surface area contributed by atoms with Gasteiger partial charge in [-0.25, -0.2) is 4.79 Å². The largest absolute Gasteiger partial charge is 0.508 e. The van der Waals surface area contributed by atoms with Crippen molar-refractivity contribution in [1.29, 1.82) is 0 Å². The Morgan fingerprint density at radius 1 is 1.00 bits per heavy atom. The standard InChI is InChI=1S/C8H9NO3.C7H6O6S/c10-7-3-1-6(2-4-7)9-5-8(11)12;8-7(9)5-3-1-2-4-6(5)13-14(10,11)12/h1-4,9-10H,5H2,(H,11,12);1-4H,(H,8,9)(H,10,11,12). The molecule has 2 aromatic rings. The molecule has 2 rings (SSSR count). The fourth-order valence-electron chi connectivity index (χ4n) is 1.59. The quantitative estimate of drug-likeness (QED) is 0.362. The molecule has 0 saturated heterocycles. The smallest absolute Gasteiger partial charge is 0.446 e. The monoisotopic (exact) mass is 385 g/mol. The number of nitrogens with one attached hydrogen (secondary N) is 1. The number of aromatic hydroxyl groups is 1. The summed E-state index contributed by atoms with van der Waals surface area (Å²) in [7, 11) is -4.70. The summed E-state index contributed by atoms with van der Waals surface area (Å²) >= 11 is 0. The van der Waals surface area contributed by atoms with Crippen molar-refractivity contribution in [2.24, 2.45) is 0 Å². The highest BCUT2D eigenvalue weighted by molar-refractivity contribution is 7.81. The average Bonchev–Trinajstić information content (AvgIpc) is 2.53. The van der Waals surface area contributed by atoms with E-state index in [0.29, 0.717) is 5.69 Å². The van der Waals surface area contributed by atoms with Crippen molar-refractivity contribution in [1.82, 2.24) is 0 Å². The number of phenolic OH excluding ortho intramolecular Hbond substituents is 1. The maximum Gasteiger partial charge on any atom is 0.446 e. The van der Waals surface area contributed by atoms with Crippen LogP contribution in [-0.4, -0.2) is 46.8 Å². The van der Waals surface area contributed by atoms with Crippen molar-refractivity contribution in [2.75, 3.05) is 11.9 Å². The van der Waals surface area contributed by atoms with E-state index in [0.717, 1.165) is 12.1 Å². The molecule has 11 heteroatoms. The van der Waals surface area contributed by atoms with E-state index in [-0.39, 0.29) is 17.9 Å². The molecule has 2 aromatic carbocycles. The van der Waals surface area contributed by atoms with Crippen LogP contribution in [-0.2, 0) is 15.2 Å². The van der Waals surface area contributed by atoms with Gasteiger partial charge in [0, 0.05) is 5.69 Å². The van der Waals surface area contributed by atoms with E-state index in [1.165, 1.54) is 24.3 Å². The number of hydrogen-bond acceptors (Lipinski definition) is 7. The van der Waals surface area contributed by atoms with Crippen LogP contribution in [0.1, 0.15) is 10.4 Å². The van der Waals surface area contributed by atoms with Crippen LogP contribution in [0.15, 0.2) is 48.5 Å². The second kappa shape index (κ2) is 9.25. The molecule has 0 aliphatic rings. The first-order valence-corrected chi connectivity index (χ1v) is 8.19. The van der Waals surface area contributed by atoms with Gasteiger partial charge in [0.1, 0.15) is 17.9 Å². The molecule has 10 nitrogen and oxygen atoms in total. The molecule has 0 aromatic heterocycles. The molecule has 0 radical (unpaired) electrons. The van der Waals surface area contributed by atoms with E-state index in [2.05, 4.69) is 9.50 Å². The van der Waals surface area contributed by atoms with Crippen LogP contribution in [0.2, 0.25) is 0 Å². The van der Waals surface area contributed by atoms with Gasteiger partial charge in [0.05, 0.1) is 0 Å². The summed E-state index contributed by atoms with van der Waals surface area (Å²) in [4.78, 5) is 20.7. The summed E-state index contributed by atoms with van der Waals surface area (Å²) in [5.74, 6) is -2.52. The van der Waals surface area contributed by atoms with Crippen LogP contribution in [0.4, 0.5) is 5.69 Å². The molecule has 0 spiro atoms. The van der Waals surface area contributed by atoms with Gasteiger partial charge in [-0.3, -0.25) is 9.35 Å². The van der Waals surface area contributed by atoms with Gasteiger partial charge in [0.25, 0.3) is 0 Å². The van der Waals surface area contributed by atoms with Crippen molar-refractivity contribution in [3.05, 3.63) is 54.1 Å². The highest BCUT2D eigenvalue weighted by Crippen LogP contribution is 2.19. The minimum absolute atomic E-state index is 0.120. The molecule has 0 fully saturated rings. The lowest BCUT2D eigenvalue weighted by Crippen LogP contribution is -2.11. The first-order chi connectivity index (χ1) is 12.1. The van der Waals surface area contributed by atoms with Gasteiger partial charge in [-0.15, -0.1) is 0 Å². The maximum atomic E-state index is 10.6. The van der Waals surface area contributed by atoms with Crippen molar-refractivity contribution in [3.63, 3.8) is 0 Å². The molecular formula is C15H15NO9S. The van der Waals surface area contributed by atoms with Crippen LogP contribution >= 0.6 is 0 Å². The van der Waals surface area contributed by atoms with Crippen LogP contribution in [0.25, 0.3) is 0 Å². The van der Waals surface area contributed by atoms with Crippen LogP contribution in [0, 0.1) is 0 Å². The zero-order valence-corrected chi connectivity index (χ0v) is 13.9. The summed E-state index contributed by atoms with van der Waals surface area (Å²) in [5.41, 5.74) is 0.334. The Labute approximate surface area is 148 Å². The molecule has 0 aliphatic heterocycles. The number of aromatic carboxylic acids is 1. The molecule has 5 N–H and O–H groups in total. The second-order valence-electron chi connectivity index (χ2n) is 4.61.